The van der Waals surface area contributed by atoms with Gasteiger partial charge in [-0.2, -0.15) is 0 Å². The van der Waals surface area contributed by atoms with Gasteiger partial charge in [0.1, 0.15) is 12.2 Å². The van der Waals surface area contributed by atoms with Crippen molar-refractivity contribution in [3.8, 4) is 0 Å². The highest BCUT2D eigenvalue weighted by Gasteiger charge is 2.61. The zero-order valence-electron chi connectivity index (χ0n) is 26.8. The van der Waals surface area contributed by atoms with Gasteiger partial charge in [-0.05, 0) is 66.8 Å². The van der Waals surface area contributed by atoms with E-state index in [1.807, 2.05) is 35.9 Å². The minimum Gasteiger partial charge on any atom is -0.483 e. The van der Waals surface area contributed by atoms with Crippen LogP contribution < -0.4 is 4.90 Å². The van der Waals surface area contributed by atoms with E-state index in [9.17, 15) is 13.6 Å². The van der Waals surface area contributed by atoms with Crippen molar-refractivity contribution in [1.82, 2.24) is 24.6 Å². The molecule has 0 radical (unpaired) electrons. The van der Waals surface area contributed by atoms with Gasteiger partial charge in [0.2, 0.25) is 0 Å². The summed E-state index contributed by atoms with van der Waals surface area (Å²) < 4.78 is 36.5. The molecular weight excluding hydrogens is 594 g/mol. The summed E-state index contributed by atoms with van der Waals surface area (Å²) in [5, 5.41) is 15.5. The fourth-order valence-electron chi connectivity index (χ4n) is 8.05. The zero-order chi connectivity index (χ0) is 32.8. The maximum Gasteiger partial charge on any atom is 0.290 e. The summed E-state index contributed by atoms with van der Waals surface area (Å²) in [6, 6.07) is 11.8. The number of amides is 1. The van der Waals surface area contributed by atoms with Crippen LogP contribution in [0.15, 0.2) is 42.7 Å². The number of ether oxygens (including phenoxy) is 1. The van der Waals surface area contributed by atoms with E-state index < -0.39 is 6.43 Å². The third kappa shape index (κ3) is 5.60. The van der Waals surface area contributed by atoms with Crippen LogP contribution in [0.1, 0.15) is 71.6 Å². The van der Waals surface area contributed by atoms with Gasteiger partial charge >= 0.3 is 0 Å². The van der Waals surface area contributed by atoms with Gasteiger partial charge in [-0.15, -0.1) is 10.2 Å². The molecule has 10 nitrogen and oxygen atoms in total. The number of aryl methyl sites for hydroxylation is 1. The van der Waals surface area contributed by atoms with Crippen molar-refractivity contribution in [2.24, 2.45) is 18.4 Å². The highest BCUT2D eigenvalue weighted by molar-refractivity contribution is 6.10. The molecular formula is C34H42F2N6O4. The molecule has 0 unspecified atom stereocenters. The third-order valence-corrected chi connectivity index (χ3v) is 10.3. The number of aromatic nitrogens is 3. The number of halogens is 2. The van der Waals surface area contributed by atoms with Gasteiger partial charge in [0.25, 0.3) is 18.8 Å². The summed E-state index contributed by atoms with van der Waals surface area (Å²) in [5.41, 5.74) is 3.17. The first kappa shape index (κ1) is 32.2. The third-order valence-electron chi connectivity index (χ3n) is 10.3. The van der Waals surface area contributed by atoms with Gasteiger partial charge in [-0.25, -0.2) is 8.78 Å². The predicted molar refractivity (Wildman–Crippen MR) is 168 cm³/mol. The normalized spacial score (nSPS) is 22.0. The first-order chi connectivity index (χ1) is 22.0. The standard InChI is InChI=1S/C33H40F2N6O2.CH2O2/c1-21(2)28-15-38(3)8-9-40(28)13-22-10-25(29(34)35)27-14-41(30(42)26(27)11-22)24-7-5-6-23(12-24)33(31-37-36-20-39(31)4)16-32(17-33)18-43-19-32;2-1-3/h5-7,10-12,20-21,28-29H,8-9,13-19H2,1-4H3;1H,(H,2,3)/t28-;/m1./s1. The molecule has 4 heterocycles. The molecule has 1 N–H and O–H groups in total. The molecule has 3 fully saturated rings. The molecule has 0 bridgehead atoms. The van der Waals surface area contributed by atoms with E-state index in [4.69, 9.17) is 14.6 Å². The molecule has 1 spiro atoms. The van der Waals surface area contributed by atoms with Crippen LogP contribution in [0.5, 0.6) is 0 Å². The quantitative estimate of drug-likeness (QED) is 0.379. The van der Waals surface area contributed by atoms with Crippen molar-refractivity contribution >= 4 is 18.1 Å². The average Bonchev–Trinajstić information content (AvgIpc) is 3.56. The number of carboxylic acid groups (broad SMARTS) is 1. The van der Waals surface area contributed by atoms with Crippen molar-refractivity contribution in [3.05, 3.63) is 76.4 Å². The van der Waals surface area contributed by atoms with E-state index in [0.717, 1.165) is 62.6 Å². The molecule has 4 aliphatic rings. The number of rotatable bonds is 7. The number of hydrogen-bond donors (Lipinski definition) is 1. The number of hydrogen-bond acceptors (Lipinski definition) is 7. The number of benzene rings is 2. The monoisotopic (exact) mass is 636 g/mol. The Labute approximate surface area is 267 Å². The van der Waals surface area contributed by atoms with Gasteiger partial charge in [-0.3, -0.25) is 14.5 Å². The lowest BCUT2D eigenvalue weighted by Gasteiger charge is -2.59. The summed E-state index contributed by atoms with van der Waals surface area (Å²) in [7, 11) is 4.08. The molecule has 1 saturated carbocycles. The van der Waals surface area contributed by atoms with Crippen molar-refractivity contribution in [2.45, 2.75) is 57.7 Å². The van der Waals surface area contributed by atoms with Crippen molar-refractivity contribution in [3.63, 3.8) is 0 Å². The van der Waals surface area contributed by atoms with Crippen LogP contribution in [0, 0.1) is 11.3 Å². The van der Waals surface area contributed by atoms with Crippen LogP contribution in [0.25, 0.3) is 0 Å². The zero-order valence-corrected chi connectivity index (χ0v) is 26.8. The lowest BCUT2D eigenvalue weighted by Crippen LogP contribution is -2.60. The van der Waals surface area contributed by atoms with Gasteiger partial charge in [-0.1, -0.05) is 26.0 Å². The molecule has 46 heavy (non-hydrogen) atoms. The Bertz CT molecular complexity index is 1600. The Balaban J connectivity index is 0.00000119. The van der Waals surface area contributed by atoms with E-state index in [1.165, 1.54) is 0 Å². The van der Waals surface area contributed by atoms with E-state index in [0.29, 0.717) is 35.3 Å². The number of likely N-dealkylation sites (N-methyl/N-ethyl adjacent to an activating group) is 1. The smallest absolute Gasteiger partial charge is 0.290 e. The largest absolute Gasteiger partial charge is 0.483 e. The van der Waals surface area contributed by atoms with Crippen LogP contribution in [-0.4, -0.2) is 88.0 Å². The highest BCUT2D eigenvalue weighted by atomic mass is 19.3. The molecule has 1 aromatic heterocycles. The van der Waals surface area contributed by atoms with Gasteiger partial charge < -0.3 is 24.2 Å². The van der Waals surface area contributed by atoms with E-state index in [2.05, 4.69) is 47.0 Å². The van der Waals surface area contributed by atoms with Crippen LogP contribution >= 0.6 is 0 Å². The lowest BCUT2D eigenvalue weighted by atomic mass is 9.49. The Hall–Kier alpha value is -3.74. The fraction of sp³-hybridized carbons (Fsp3) is 0.529. The Morgan fingerprint density at radius 1 is 1.13 bits per heavy atom. The van der Waals surface area contributed by atoms with E-state index >= 15 is 0 Å². The van der Waals surface area contributed by atoms with Gasteiger partial charge in [0, 0.05) is 61.5 Å². The van der Waals surface area contributed by atoms with Crippen LogP contribution in [0.2, 0.25) is 0 Å². The molecule has 1 aliphatic carbocycles. The second-order valence-corrected chi connectivity index (χ2v) is 13.8. The molecule has 1 amide bonds. The van der Waals surface area contributed by atoms with Crippen molar-refractivity contribution in [1.29, 1.82) is 0 Å². The highest BCUT2D eigenvalue weighted by Crippen LogP contribution is 2.61. The maximum absolute atomic E-state index is 14.5. The number of carbonyl (C=O) groups excluding carboxylic acids is 1. The Morgan fingerprint density at radius 2 is 1.87 bits per heavy atom. The number of anilines is 1. The van der Waals surface area contributed by atoms with Gasteiger partial charge in [0.05, 0.1) is 25.2 Å². The van der Waals surface area contributed by atoms with Crippen molar-refractivity contribution < 1.29 is 28.2 Å². The average molecular weight is 637 g/mol. The Morgan fingerprint density at radius 3 is 2.48 bits per heavy atom. The Kier molecular flexibility index (Phi) is 8.73. The topological polar surface area (TPSA) is 104 Å². The number of nitrogens with zero attached hydrogens (tertiary/aromatic N) is 6. The minimum atomic E-state index is -2.66. The SMILES string of the molecule is CC(C)[C@H]1CN(C)CCN1Cc1cc2c(c(C(F)F)c1)CN(c1cccc(C3(c4nncn4C)CC4(COC4)C3)c1)C2=O.O=CO. The molecule has 12 heteroatoms. The first-order valence-corrected chi connectivity index (χ1v) is 15.8. The molecule has 7 rings (SSSR count). The first-order valence-electron chi connectivity index (χ1n) is 15.8. The number of alkyl halides is 2. The molecule has 246 valence electrons. The van der Waals surface area contributed by atoms with Crippen LogP contribution in [0.4, 0.5) is 14.5 Å². The molecule has 1 atom stereocenters. The van der Waals surface area contributed by atoms with E-state index in [1.54, 1.807) is 17.3 Å². The second-order valence-electron chi connectivity index (χ2n) is 13.8. The maximum atomic E-state index is 14.5. The molecule has 3 aliphatic heterocycles. The number of fused-ring (bicyclic) bond motifs is 1. The summed E-state index contributed by atoms with van der Waals surface area (Å²) in [5.74, 6) is 1.11. The summed E-state index contributed by atoms with van der Waals surface area (Å²) in [4.78, 5) is 28.7. The summed E-state index contributed by atoms with van der Waals surface area (Å²) >= 11 is 0. The van der Waals surface area contributed by atoms with Crippen LogP contribution in [-0.2, 0) is 35.1 Å². The second kappa shape index (κ2) is 12.5. The molecule has 3 aromatic rings. The fourth-order valence-corrected chi connectivity index (χ4v) is 8.05. The van der Waals surface area contributed by atoms with Crippen LogP contribution in [0.3, 0.4) is 0 Å². The number of carbonyl (C=O) groups is 2. The minimum absolute atomic E-state index is 0.0313. The van der Waals surface area contributed by atoms with Crippen molar-refractivity contribution in [2.75, 3.05) is 44.8 Å². The molecule has 2 aromatic carbocycles. The number of piperazine rings is 1. The molecule has 2 saturated heterocycles. The van der Waals surface area contributed by atoms with Gasteiger partial charge in [0.15, 0.2) is 0 Å². The summed E-state index contributed by atoms with van der Waals surface area (Å²) in [6.07, 6.45) is 0.856. The predicted octanol–water partition coefficient (Wildman–Crippen LogP) is 4.48. The summed E-state index contributed by atoms with van der Waals surface area (Å²) in [6.45, 7) is 9.09. The lowest BCUT2D eigenvalue weighted by molar-refractivity contribution is -0.182. The van der Waals surface area contributed by atoms with E-state index in [-0.39, 0.29) is 35.3 Å².